The number of hydrogen-bond donors (Lipinski definition) is 1. The van der Waals surface area contributed by atoms with Gasteiger partial charge in [0, 0.05) is 10.3 Å². The molecule has 1 saturated carbocycles. The summed E-state index contributed by atoms with van der Waals surface area (Å²) in [5.74, 6) is 0.943. The van der Waals surface area contributed by atoms with Crippen molar-refractivity contribution in [3.63, 3.8) is 0 Å². The molecule has 1 fully saturated rings. The summed E-state index contributed by atoms with van der Waals surface area (Å²) < 4.78 is 2.32. The summed E-state index contributed by atoms with van der Waals surface area (Å²) in [5.41, 5.74) is 0.0822. The molecule has 1 N–H and O–H groups in total. The van der Waals surface area contributed by atoms with Crippen LogP contribution in [0.1, 0.15) is 58.7 Å². The Morgan fingerprint density at radius 3 is 2.55 bits per heavy atom. The Balaban J connectivity index is 2.03. The van der Waals surface area contributed by atoms with Crippen molar-refractivity contribution in [2.45, 2.75) is 76.3 Å². The highest BCUT2D eigenvalue weighted by Gasteiger charge is 2.32. The molecule has 0 aromatic carbocycles. The van der Waals surface area contributed by atoms with Crippen LogP contribution in [0, 0.1) is 0 Å². The molecule has 1 aliphatic rings. The number of aromatic nitrogens is 4. The summed E-state index contributed by atoms with van der Waals surface area (Å²) in [6.07, 6.45) is 8.82. The second-order valence-electron chi connectivity index (χ2n) is 6.80. The van der Waals surface area contributed by atoms with E-state index in [1.54, 1.807) is 0 Å². The summed E-state index contributed by atoms with van der Waals surface area (Å²) in [6.45, 7) is 8.13. The molecule has 1 aliphatic carbocycles. The lowest BCUT2D eigenvalue weighted by molar-refractivity contribution is 0.333. The smallest absolute Gasteiger partial charge is 0.165 e. The van der Waals surface area contributed by atoms with Gasteiger partial charge in [-0.3, -0.25) is 0 Å². The minimum Gasteiger partial charge on any atom is -0.305 e. The van der Waals surface area contributed by atoms with Crippen LogP contribution in [-0.2, 0) is 13.1 Å². The van der Waals surface area contributed by atoms with Gasteiger partial charge >= 0.3 is 0 Å². The second-order valence-corrected chi connectivity index (χ2v) is 8.08. The number of hydrogen-bond acceptors (Lipinski definition) is 5. The average Bonchev–Trinajstić information content (AvgIpc) is 2.84. The van der Waals surface area contributed by atoms with Crippen LogP contribution in [-0.4, -0.2) is 36.7 Å². The molecule has 114 valence electrons. The molecule has 1 heterocycles. The molecular weight excluding hydrogens is 270 g/mol. The fourth-order valence-electron chi connectivity index (χ4n) is 2.71. The maximum atomic E-state index is 4.21. The Labute approximate surface area is 126 Å². The van der Waals surface area contributed by atoms with E-state index < -0.39 is 0 Å². The first-order valence-corrected chi connectivity index (χ1v) is 8.72. The van der Waals surface area contributed by atoms with E-state index in [2.05, 4.69) is 47.9 Å². The van der Waals surface area contributed by atoms with Crippen molar-refractivity contribution in [2.75, 3.05) is 6.26 Å². The molecule has 0 atom stereocenters. The zero-order valence-electron chi connectivity index (χ0n) is 13.1. The Kier molecular flexibility index (Phi) is 5.07. The molecule has 0 amide bonds. The summed E-state index contributed by atoms with van der Waals surface area (Å²) >= 11 is 1.99. The van der Waals surface area contributed by atoms with Crippen molar-refractivity contribution < 1.29 is 0 Å². The first-order valence-electron chi connectivity index (χ1n) is 7.49. The first-order chi connectivity index (χ1) is 9.44. The van der Waals surface area contributed by atoms with E-state index in [9.17, 15) is 0 Å². The van der Waals surface area contributed by atoms with Gasteiger partial charge in [-0.2, -0.15) is 11.8 Å². The lowest BCUT2D eigenvalue weighted by Crippen LogP contribution is -2.38. The average molecular weight is 297 g/mol. The highest BCUT2D eigenvalue weighted by atomic mass is 32.2. The molecule has 2 rings (SSSR count). The van der Waals surface area contributed by atoms with Crippen LogP contribution in [0.2, 0.25) is 0 Å². The minimum atomic E-state index is 0.0822. The quantitative estimate of drug-likeness (QED) is 0.905. The highest BCUT2D eigenvalue weighted by molar-refractivity contribution is 8.00. The van der Waals surface area contributed by atoms with Gasteiger partial charge in [0.15, 0.2) is 5.82 Å². The fourth-order valence-corrected chi connectivity index (χ4v) is 3.66. The molecular formula is C14H27N5S. The SMILES string of the molecule is CSC1(Cn2nnnc2CNC(C)(C)C)CCCCC1. The predicted octanol–water partition coefficient (Wildman–Crippen LogP) is 2.63. The molecule has 6 heteroatoms. The number of nitrogens with one attached hydrogen (secondary N) is 1. The van der Waals surface area contributed by atoms with Gasteiger partial charge in [0.25, 0.3) is 0 Å². The van der Waals surface area contributed by atoms with Crippen LogP contribution < -0.4 is 5.32 Å². The van der Waals surface area contributed by atoms with Crippen LogP contribution >= 0.6 is 11.8 Å². The number of tetrazole rings is 1. The minimum absolute atomic E-state index is 0.0822. The van der Waals surface area contributed by atoms with E-state index in [4.69, 9.17) is 0 Å². The molecule has 0 aliphatic heterocycles. The number of thioether (sulfide) groups is 1. The van der Waals surface area contributed by atoms with E-state index in [-0.39, 0.29) is 5.54 Å². The topological polar surface area (TPSA) is 55.6 Å². The maximum absolute atomic E-state index is 4.21. The van der Waals surface area contributed by atoms with Crippen molar-refractivity contribution in [2.24, 2.45) is 0 Å². The van der Waals surface area contributed by atoms with Crippen LogP contribution in [0.3, 0.4) is 0 Å². The zero-order chi connectivity index (χ0) is 14.6. The molecule has 0 saturated heterocycles. The van der Waals surface area contributed by atoms with Crippen molar-refractivity contribution in [3.8, 4) is 0 Å². The standard InChI is InChI=1S/C14H27N5S/c1-13(2,3)15-10-12-16-17-18-19(12)11-14(20-4)8-6-5-7-9-14/h15H,5-11H2,1-4H3. The second kappa shape index (κ2) is 6.43. The van der Waals surface area contributed by atoms with Crippen LogP contribution in [0.25, 0.3) is 0 Å². The highest BCUT2D eigenvalue weighted by Crippen LogP contribution is 2.39. The van der Waals surface area contributed by atoms with Gasteiger partial charge in [-0.05, 0) is 50.3 Å². The van der Waals surface area contributed by atoms with Crippen molar-refractivity contribution in [1.29, 1.82) is 0 Å². The zero-order valence-corrected chi connectivity index (χ0v) is 14.0. The van der Waals surface area contributed by atoms with Gasteiger partial charge in [-0.15, -0.1) is 5.10 Å². The van der Waals surface area contributed by atoms with Gasteiger partial charge in [-0.1, -0.05) is 19.3 Å². The van der Waals surface area contributed by atoms with Gasteiger partial charge in [-0.25, -0.2) is 4.68 Å². The summed E-state index contributed by atoms with van der Waals surface area (Å²) in [7, 11) is 0. The van der Waals surface area contributed by atoms with Gasteiger partial charge in [0.1, 0.15) is 0 Å². The Hall–Kier alpha value is -0.620. The predicted molar refractivity (Wildman–Crippen MR) is 83.7 cm³/mol. The van der Waals surface area contributed by atoms with E-state index in [1.807, 2.05) is 16.4 Å². The largest absolute Gasteiger partial charge is 0.305 e. The maximum Gasteiger partial charge on any atom is 0.165 e. The van der Waals surface area contributed by atoms with Gasteiger partial charge in [0.2, 0.25) is 0 Å². The number of rotatable bonds is 5. The monoisotopic (exact) mass is 297 g/mol. The van der Waals surface area contributed by atoms with Gasteiger partial charge in [0.05, 0.1) is 13.1 Å². The first kappa shape index (κ1) is 15.8. The normalized spacial score (nSPS) is 19.2. The molecule has 0 spiro atoms. The lowest BCUT2D eigenvalue weighted by atomic mass is 9.88. The molecule has 0 radical (unpaired) electrons. The Morgan fingerprint density at radius 1 is 1.25 bits per heavy atom. The van der Waals surface area contributed by atoms with E-state index in [0.717, 1.165) is 18.9 Å². The Morgan fingerprint density at radius 2 is 1.95 bits per heavy atom. The molecule has 1 aromatic rings. The van der Waals surface area contributed by atoms with Crippen molar-refractivity contribution in [1.82, 2.24) is 25.5 Å². The van der Waals surface area contributed by atoms with Crippen molar-refractivity contribution in [3.05, 3.63) is 5.82 Å². The number of nitrogens with zero attached hydrogens (tertiary/aromatic N) is 4. The van der Waals surface area contributed by atoms with Crippen LogP contribution in [0.5, 0.6) is 0 Å². The third-order valence-electron chi connectivity index (χ3n) is 4.02. The van der Waals surface area contributed by atoms with E-state index >= 15 is 0 Å². The summed E-state index contributed by atoms with van der Waals surface area (Å²) in [4.78, 5) is 0. The third-order valence-corrected chi connectivity index (χ3v) is 5.42. The van der Waals surface area contributed by atoms with E-state index in [1.165, 1.54) is 32.1 Å². The molecule has 5 nitrogen and oxygen atoms in total. The molecule has 20 heavy (non-hydrogen) atoms. The third kappa shape index (κ3) is 4.19. The van der Waals surface area contributed by atoms with Gasteiger partial charge < -0.3 is 5.32 Å². The summed E-state index contributed by atoms with van der Waals surface area (Å²) in [6, 6.07) is 0. The fraction of sp³-hybridized carbons (Fsp3) is 0.929. The molecule has 0 unspecified atom stereocenters. The Bertz CT molecular complexity index is 417. The van der Waals surface area contributed by atoms with Crippen LogP contribution in [0.4, 0.5) is 0 Å². The molecule has 1 aromatic heterocycles. The van der Waals surface area contributed by atoms with E-state index in [0.29, 0.717) is 4.75 Å². The lowest BCUT2D eigenvalue weighted by Gasteiger charge is -2.35. The van der Waals surface area contributed by atoms with Crippen molar-refractivity contribution >= 4 is 11.8 Å². The van der Waals surface area contributed by atoms with Crippen LogP contribution in [0.15, 0.2) is 0 Å². The summed E-state index contributed by atoms with van der Waals surface area (Å²) in [5, 5.41) is 15.7. The molecule has 0 bridgehead atoms.